The lowest BCUT2D eigenvalue weighted by atomic mass is 9.77. The summed E-state index contributed by atoms with van der Waals surface area (Å²) in [4.78, 5) is 0. The van der Waals surface area contributed by atoms with Gasteiger partial charge in [0.05, 0.1) is 6.61 Å². The lowest BCUT2D eigenvalue weighted by molar-refractivity contribution is 0.0980. The Bertz CT molecular complexity index is 438. The van der Waals surface area contributed by atoms with Crippen molar-refractivity contribution in [1.29, 1.82) is 0 Å². The molecule has 1 fully saturated rings. The summed E-state index contributed by atoms with van der Waals surface area (Å²) in [6, 6.07) is 3.93. The van der Waals surface area contributed by atoms with Crippen molar-refractivity contribution in [2.45, 2.75) is 44.7 Å². The van der Waals surface area contributed by atoms with E-state index in [0.717, 1.165) is 19.3 Å². The topological polar surface area (TPSA) is 52.5 Å². The number of aliphatic hydroxyl groups excluding tert-OH is 1. The van der Waals surface area contributed by atoms with E-state index >= 15 is 0 Å². The van der Waals surface area contributed by atoms with E-state index in [-0.39, 0.29) is 23.7 Å². The molecule has 3 nitrogen and oxygen atoms in total. The average molecular weight is 267 g/mol. The lowest BCUT2D eigenvalue weighted by Crippen LogP contribution is -2.51. The van der Waals surface area contributed by atoms with Gasteiger partial charge in [-0.05, 0) is 37.0 Å². The molecule has 1 aromatic carbocycles. The maximum absolute atomic E-state index is 13.2. The van der Waals surface area contributed by atoms with Gasteiger partial charge in [-0.15, -0.1) is 0 Å². The molecule has 0 saturated heterocycles. The average Bonchev–Trinajstić information content (AvgIpc) is 2.40. The predicted molar refractivity (Wildman–Crippen MR) is 72.4 cm³/mol. The third-order valence-electron chi connectivity index (χ3n) is 4.09. The SMILES string of the molecule is CC1CCCC(CO)(NCc2cc(F)ccc2O)C1. The van der Waals surface area contributed by atoms with Crippen LogP contribution in [0.25, 0.3) is 0 Å². The number of aliphatic hydroxyl groups is 1. The number of hydrogen-bond donors (Lipinski definition) is 3. The van der Waals surface area contributed by atoms with E-state index in [9.17, 15) is 14.6 Å². The molecule has 0 bridgehead atoms. The maximum atomic E-state index is 13.2. The number of hydrogen-bond acceptors (Lipinski definition) is 3. The molecule has 2 rings (SSSR count). The maximum Gasteiger partial charge on any atom is 0.123 e. The molecule has 1 aliphatic carbocycles. The Hall–Kier alpha value is -1.13. The fraction of sp³-hybridized carbons (Fsp3) is 0.600. The Morgan fingerprint density at radius 1 is 1.47 bits per heavy atom. The molecule has 3 N–H and O–H groups in total. The molecule has 106 valence electrons. The second kappa shape index (κ2) is 5.88. The Labute approximate surface area is 113 Å². The van der Waals surface area contributed by atoms with Crippen LogP contribution >= 0.6 is 0 Å². The highest BCUT2D eigenvalue weighted by molar-refractivity contribution is 5.32. The van der Waals surface area contributed by atoms with Crippen LogP contribution in [0.3, 0.4) is 0 Å². The highest BCUT2D eigenvalue weighted by atomic mass is 19.1. The molecule has 1 aromatic rings. The van der Waals surface area contributed by atoms with E-state index in [1.165, 1.54) is 24.6 Å². The zero-order chi connectivity index (χ0) is 13.9. The van der Waals surface area contributed by atoms with Crippen LogP contribution in [-0.4, -0.2) is 22.4 Å². The van der Waals surface area contributed by atoms with E-state index < -0.39 is 0 Å². The number of rotatable bonds is 4. The predicted octanol–water partition coefficient (Wildman–Crippen LogP) is 2.56. The summed E-state index contributed by atoms with van der Waals surface area (Å²) in [7, 11) is 0. The zero-order valence-electron chi connectivity index (χ0n) is 11.3. The van der Waals surface area contributed by atoms with Crippen molar-refractivity contribution in [2.24, 2.45) is 5.92 Å². The number of nitrogens with one attached hydrogen (secondary N) is 1. The molecule has 2 unspecified atom stereocenters. The first-order chi connectivity index (χ1) is 9.04. The van der Waals surface area contributed by atoms with Gasteiger partial charge in [0, 0.05) is 17.6 Å². The van der Waals surface area contributed by atoms with Gasteiger partial charge in [-0.25, -0.2) is 4.39 Å². The van der Waals surface area contributed by atoms with Crippen molar-refractivity contribution < 1.29 is 14.6 Å². The van der Waals surface area contributed by atoms with Gasteiger partial charge in [0.2, 0.25) is 0 Å². The smallest absolute Gasteiger partial charge is 0.123 e. The van der Waals surface area contributed by atoms with Gasteiger partial charge in [0.25, 0.3) is 0 Å². The number of halogens is 1. The van der Waals surface area contributed by atoms with E-state index in [2.05, 4.69) is 12.2 Å². The van der Waals surface area contributed by atoms with Crippen LogP contribution in [0.1, 0.15) is 38.2 Å². The zero-order valence-corrected chi connectivity index (χ0v) is 11.3. The molecule has 4 heteroatoms. The summed E-state index contributed by atoms with van der Waals surface area (Å²) in [5.74, 6) is 0.310. The van der Waals surface area contributed by atoms with E-state index in [0.29, 0.717) is 18.0 Å². The van der Waals surface area contributed by atoms with Crippen molar-refractivity contribution in [1.82, 2.24) is 5.32 Å². The molecular formula is C15H22FNO2. The number of phenolic OH excluding ortho intramolecular Hbond substituents is 1. The van der Waals surface area contributed by atoms with Crippen LogP contribution in [0.2, 0.25) is 0 Å². The van der Waals surface area contributed by atoms with Crippen molar-refractivity contribution in [3.63, 3.8) is 0 Å². The molecule has 0 amide bonds. The van der Waals surface area contributed by atoms with Gasteiger partial charge in [-0.2, -0.15) is 0 Å². The van der Waals surface area contributed by atoms with E-state index in [1.807, 2.05) is 0 Å². The Morgan fingerprint density at radius 3 is 2.95 bits per heavy atom. The molecule has 2 atom stereocenters. The van der Waals surface area contributed by atoms with Crippen molar-refractivity contribution >= 4 is 0 Å². The highest BCUT2D eigenvalue weighted by Crippen LogP contribution is 2.32. The monoisotopic (exact) mass is 267 g/mol. The quantitative estimate of drug-likeness (QED) is 0.786. The van der Waals surface area contributed by atoms with Gasteiger partial charge >= 0.3 is 0 Å². The highest BCUT2D eigenvalue weighted by Gasteiger charge is 2.33. The van der Waals surface area contributed by atoms with Crippen molar-refractivity contribution in [3.8, 4) is 5.75 Å². The molecule has 1 aliphatic rings. The summed E-state index contributed by atoms with van der Waals surface area (Å²) in [5, 5.41) is 22.7. The minimum absolute atomic E-state index is 0.0768. The largest absolute Gasteiger partial charge is 0.508 e. The van der Waals surface area contributed by atoms with Crippen LogP contribution in [-0.2, 0) is 6.54 Å². The molecule has 0 spiro atoms. The summed E-state index contributed by atoms with van der Waals surface area (Å²) < 4.78 is 13.2. The lowest BCUT2D eigenvalue weighted by Gasteiger charge is -2.39. The van der Waals surface area contributed by atoms with Crippen molar-refractivity contribution in [3.05, 3.63) is 29.6 Å². The first kappa shape index (κ1) is 14.3. The minimum Gasteiger partial charge on any atom is -0.508 e. The minimum atomic E-state index is -0.357. The standard InChI is InChI=1S/C15H22FNO2/c1-11-3-2-6-15(8-11,10-18)17-9-12-7-13(16)4-5-14(12)19/h4-5,7,11,17-19H,2-3,6,8-10H2,1H3. The molecule has 19 heavy (non-hydrogen) atoms. The summed E-state index contributed by atoms with van der Waals surface area (Å²) in [6.07, 6.45) is 4.11. The Kier molecular flexibility index (Phi) is 4.42. The fourth-order valence-electron chi connectivity index (χ4n) is 3.00. The third-order valence-corrected chi connectivity index (χ3v) is 4.09. The second-order valence-corrected chi connectivity index (χ2v) is 5.77. The van der Waals surface area contributed by atoms with Crippen LogP contribution in [0.15, 0.2) is 18.2 Å². The van der Waals surface area contributed by atoms with Gasteiger partial charge < -0.3 is 15.5 Å². The number of aromatic hydroxyl groups is 1. The van der Waals surface area contributed by atoms with Gasteiger partial charge in [0.15, 0.2) is 0 Å². The van der Waals surface area contributed by atoms with Gasteiger partial charge in [0.1, 0.15) is 11.6 Å². The molecule has 0 aromatic heterocycles. The van der Waals surface area contributed by atoms with Gasteiger partial charge in [-0.3, -0.25) is 0 Å². The molecule has 1 saturated carbocycles. The van der Waals surface area contributed by atoms with Crippen molar-refractivity contribution in [2.75, 3.05) is 6.61 Å². The molecule has 0 radical (unpaired) electrons. The van der Waals surface area contributed by atoms with E-state index in [4.69, 9.17) is 0 Å². The second-order valence-electron chi connectivity index (χ2n) is 5.77. The first-order valence-corrected chi connectivity index (χ1v) is 6.88. The first-order valence-electron chi connectivity index (χ1n) is 6.88. The summed E-state index contributed by atoms with van der Waals surface area (Å²) in [6.45, 7) is 2.63. The Morgan fingerprint density at radius 2 is 2.26 bits per heavy atom. The Balaban J connectivity index is 2.05. The van der Waals surface area contributed by atoms with E-state index in [1.54, 1.807) is 0 Å². The van der Waals surface area contributed by atoms with Crippen LogP contribution in [0.5, 0.6) is 5.75 Å². The normalized spacial score (nSPS) is 27.4. The molecule has 0 heterocycles. The third kappa shape index (κ3) is 3.45. The van der Waals surface area contributed by atoms with Crippen LogP contribution in [0, 0.1) is 11.7 Å². The number of benzene rings is 1. The van der Waals surface area contributed by atoms with Gasteiger partial charge in [-0.1, -0.05) is 19.8 Å². The van der Waals surface area contributed by atoms with Crippen LogP contribution < -0.4 is 5.32 Å². The molecule has 0 aliphatic heterocycles. The summed E-state index contributed by atoms with van der Waals surface area (Å²) >= 11 is 0. The molecular weight excluding hydrogens is 245 g/mol. The fourth-order valence-corrected chi connectivity index (χ4v) is 3.00. The summed E-state index contributed by atoms with van der Waals surface area (Å²) in [5.41, 5.74) is 0.238. The van der Waals surface area contributed by atoms with Crippen LogP contribution in [0.4, 0.5) is 4.39 Å². The number of phenols is 1.